The number of carbonyl (C=O) groups is 1. The lowest BCUT2D eigenvalue weighted by Gasteiger charge is -2.03. The van der Waals surface area contributed by atoms with Crippen LogP contribution in [0.3, 0.4) is 0 Å². The number of halogens is 1. The van der Waals surface area contributed by atoms with Crippen molar-refractivity contribution in [3.63, 3.8) is 0 Å². The largest absolute Gasteiger partial charge is 0.477 e. The number of benzene rings is 1. The molecule has 17 heavy (non-hydrogen) atoms. The molecule has 1 aliphatic rings. The molecule has 0 aromatic heterocycles. The monoisotopic (exact) mass is 270 g/mol. The van der Waals surface area contributed by atoms with Gasteiger partial charge >= 0.3 is 5.97 Å². The zero-order chi connectivity index (χ0) is 12.6. The Balaban J connectivity index is 2.69. The number of carboxylic acid groups (broad SMARTS) is 1. The highest BCUT2D eigenvalue weighted by atomic mass is 35.5. The average molecular weight is 271 g/mol. The molecular weight excluding hydrogens is 264 g/mol. The van der Waals surface area contributed by atoms with Crippen molar-refractivity contribution in [3.8, 4) is 0 Å². The lowest BCUT2D eigenvalue weighted by molar-refractivity contribution is -0.131. The lowest BCUT2D eigenvalue weighted by Crippen LogP contribution is -2.09. The number of rotatable bonds is 2. The standard InChI is InChI=1S/C11H7ClO4S/c12-8-3-1-2-7(6-8)9-4-5-17(15,16)10(9)11(13)14/h1-6H,(H,13,14). The second kappa shape index (κ2) is 4.01. The second-order valence-corrected chi connectivity index (χ2v) is 5.61. The first kappa shape index (κ1) is 11.9. The van der Waals surface area contributed by atoms with E-state index in [0.29, 0.717) is 10.6 Å². The highest BCUT2D eigenvalue weighted by Gasteiger charge is 2.30. The summed E-state index contributed by atoms with van der Waals surface area (Å²) in [5.41, 5.74) is 0.618. The topological polar surface area (TPSA) is 71.4 Å². The van der Waals surface area contributed by atoms with Crippen LogP contribution in [-0.2, 0) is 14.6 Å². The Hall–Kier alpha value is -1.59. The molecule has 6 heteroatoms. The molecule has 0 fully saturated rings. The SMILES string of the molecule is O=C(O)C1=C(c2cccc(Cl)c2)C=CS1(=O)=O. The van der Waals surface area contributed by atoms with Crippen LogP contribution in [0.4, 0.5) is 0 Å². The second-order valence-electron chi connectivity index (χ2n) is 3.41. The van der Waals surface area contributed by atoms with Crippen molar-refractivity contribution in [1.82, 2.24) is 0 Å². The first-order valence-electron chi connectivity index (χ1n) is 4.58. The van der Waals surface area contributed by atoms with E-state index in [2.05, 4.69) is 0 Å². The Morgan fingerprint density at radius 3 is 2.59 bits per heavy atom. The number of hydrogen-bond acceptors (Lipinski definition) is 3. The number of allylic oxidation sites excluding steroid dienone is 2. The Labute approximate surface area is 103 Å². The quantitative estimate of drug-likeness (QED) is 0.893. The van der Waals surface area contributed by atoms with Crippen molar-refractivity contribution in [3.05, 3.63) is 51.2 Å². The van der Waals surface area contributed by atoms with Gasteiger partial charge in [-0.3, -0.25) is 0 Å². The molecule has 0 spiro atoms. The fourth-order valence-corrected chi connectivity index (χ4v) is 2.95. The zero-order valence-corrected chi connectivity index (χ0v) is 9.99. The van der Waals surface area contributed by atoms with Crippen molar-refractivity contribution in [2.24, 2.45) is 0 Å². The molecule has 0 saturated heterocycles. The maximum atomic E-state index is 11.5. The van der Waals surface area contributed by atoms with Crippen LogP contribution >= 0.6 is 11.6 Å². The van der Waals surface area contributed by atoms with Gasteiger partial charge in [-0.25, -0.2) is 13.2 Å². The van der Waals surface area contributed by atoms with Gasteiger partial charge < -0.3 is 5.11 Å². The van der Waals surface area contributed by atoms with Gasteiger partial charge in [-0.15, -0.1) is 0 Å². The number of sulfone groups is 1. The van der Waals surface area contributed by atoms with Crippen LogP contribution in [0.15, 0.2) is 40.7 Å². The van der Waals surface area contributed by atoms with Gasteiger partial charge in [-0.2, -0.15) is 0 Å². The normalized spacial score (nSPS) is 17.5. The fraction of sp³-hybridized carbons (Fsp3) is 0. The van der Waals surface area contributed by atoms with Gasteiger partial charge in [0.15, 0.2) is 4.91 Å². The summed E-state index contributed by atoms with van der Waals surface area (Å²) in [5, 5.41) is 10.2. The number of hydrogen-bond donors (Lipinski definition) is 1. The smallest absolute Gasteiger partial charge is 0.348 e. The molecule has 0 unspecified atom stereocenters. The molecule has 0 atom stereocenters. The molecule has 0 amide bonds. The summed E-state index contributed by atoms with van der Waals surface area (Å²) in [5.74, 6) is -1.47. The summed E-state index contributed by atoms with van der Waals surface area (Å²) in [6.07, 6.45) is 1.27. The molecular formula is C11H7ClO4S. The molecule has 1 aliphatic heterocycles. The number of aliphatic carboxylic acids is 1. The summed E-state index contributed by atoms with van der Waals surface area (Å²) < 4.78 is 23.0. The Morgan fingerprint density at radius 1 is 1.29 bits per heavy atom. The van der Waals surface area contributed by atoms with Crippen molar-refractivity contribution in [2.45, 2.75) is 0 Å². The van der Waals surface area contributed by atoms with E-state index in [9.17, 15) is 13.2 Å². The highest BCUT2D eigenvalue weighted by Crippen LogP contribution is 2.32. The molecule has 88 valence electrons. The molecule has 1 N–H and O–H groups in total. The van der Waals surface area contributed by atoms with E-state index in [4.69, 9.17) is 16.7 Å². The van der Waals surface area contributed by atoms with Crippen LogP contribution in [0.25, 0.3) is 5.57 Å². The maximum Gasteiger partial charge on any atom is 0.348 e. The third-order valence-corrected chi connectivity index (χ3v) is 3.97. The Kier molecular flexibility index (Phi) is 2.81. The molecule has 0 bridgehead atoms. The van der Waals surface area contributed by atoms with E-state index in [1.807, 2.05) is 0 Å². The zero-order valence-electron chi connectivity index (χ0n) is 8.42. The van der Waals surface area contributed by atoms with Crippen molar-refractivity contribution in [1.29, 1.82) is 0 Å². The van der Waals surface area contributed by atoms with Crippen LogP contribution < -0.4 is 0 Å². The first-order valence-corrected chi connectivity index (χ1v) is 6.51. The minimum Gasteiger partial charge on any atom is -0.477 e. The molecule has 1 heterocycles. The first-order chi connectivity index (χ1) is 7.92. The van der Waals surface area contributed by atoms with E-state index >= 15 is 0 Å². The van der Waals surface area contributed by atoms with Crippen molar-refractivity contribution < 1.29 is 18.3 Å². The van der Waals surface area contributed by atoms with Crippen LogP contribution in [0.1, 0.15) is 5.56 Å². The van der Waals surface area contributed by atoms with E-state index < -0.39 is 20.7 Å². The summed E-state index contributed by atoms with van der Waals surface area (Å²) in [6, 6.07) is 6.38. The summed E-state index contributed by atoms with van der Waals surface area (Å²) >= 11 is 5.78. The van der Waals surface area contributed by atoms with Crippen LogP contribution in [0.2, 0.25) is 5.02 Å². The molecule has 2 rings (SSSR count). The molecule has 0 radical (unpaired) electrons. The lowest BCUT2D eigenvalue weighted by atomic mass is 10.1. The average Bonchev–Trinajstić information content (AvgIpc) is 2.54. The van der Waals surface area contributed by atoms with Gasteiger partial charge in [0.2, 0.25) is 9.84 Å². The number of carboxylic acids is 1. The van der Waals surface area contributed by atoms with Crippen molar-refractivity contribution in [2.75, 3.05) is 0 Å². The predicted octanol–water partition coefficient (Wildman–Crippen LogP) is 2.08. The minimum absolute atomic E-state index is 0.153. The van der Waals surface area contributed by atoms with E-state index in [-0.39, 0.29) is 5.57 Å². The molecule has 4 nitrogen and oxygen atoms in total. The molecule has 0 saturated carbocycles. The maximum absolute atomic E-state index is 11.5. The summed E-state index contributed by atoms with van der Waals surface area (Å²) in [6.45, 7) is 0. The van der Waals surface area contributed by atoms with Gasteiger partial charge in [0.05, 0.1) is 0 Å². The van der Waals surface area contributed by atoms with Gasteiger partial charge in [0.1, 0.15) is 0 Å². The van der Waals surface area contributed by atoms with E-state index in [1.165, 1.54) is 12.1 Å². The van der Waals surface area contributed by atoms with Crippen LogP contribution in [-0.4, -0.2) is 19.5 Å². The van der Waals surface area contributed by atoms with E-state index in [1.54, 1.807) is 18.2 Å². The third-order valence-electron chi connectivity index (χ3n) is 2.27. The van der Waals surface area contributed by atoms with E-state index in [0.717, 1.165) is 5.41 Å². The minimum atomic E-state index is -3.84. The molecule has 1 aromatic carbocycles. The van der Waals surface area contributed by atoms with Gasteiger partial charge in [-0.1, -0.05) is 23.7 Å². The highest BCUT2D eigenvalue weighted by molar-refractivity contribution is 7.99. The van der Waals surface area contributed by atoms with Crippen molar-refractivity contribution >= 4 is 33.0 Å². The van der Waals surface area contributed by atoms with Gasteiger partial charge in [-0.05, 0) is 23.8 Å². The van der Waals surface area contributed by atoms with Gasteiger partial charge in [0, 0.05) is 16.0 Å². The summed E-state index contributed by atoms with van der Waals surface area (Å²) in [4.78, 5) is 10.4. The molecule has 1 aromatic rings. The third kappa shape index (κ3) is 2.11. The van der Waals surface area contributed by atoms with Crippen LogP contribution in [0, 0.1) is 0 Å². The van der Waals surface area contributed by atoms with Crippen LogP contribution in [0.5, 0.6) is 0 Å². The predicted molar refractivity (Wildman–Crippen MR) is 64.1 cm³/mol. The van der Waals surface area contributed by atoms with Gasteiger partial charge in [0.25, 0.3) is 0 Å². The fourth-order valence-electron chi connectivity index (χ4n) is 1.57. The summed E-state index contributed by atoms with van der Waals surface area (Å²) in [7, 11) is -3.84. The Bertz CT molecular complexity index is 656. The molecule has 0 aliphatic carbocycles. The Morgan fingerprint density at radius 2 is 2.00 bits per heavy atom.